The predicted molar refractivity (Wildman–Crippen MR) is 87.9 cm³/mol. The Kier molecular flexibility index (Phi) is 4.35. The fourth-order valence-electron chi connectivity index (χ4n) is 1.83. The van der Waals surface area contributed by atoms with E-state index < -0.39 is 0 Å². The number of aromatic amines is 1. The molecule has 7 nitrogen and oxygen atoms in total. The lowest BCUT2D eigenvalue weighted by Crippen LogP contribution is -2.12. The summed E-state index contributed by atoms with van der Waals surface area (Å²) in [4.78, 5) is 20.6. The Bertz CT molecular complexity index is 859. The molecule has 0 radical (unpaired) electrons. The van der Waals surface area contributed by atoms with E-state index in [1.54, 1.807) is 18.3 Å². The number of hydrogen-bond acceptors (Lipinski definition) is 5. The van der Waals surface area contributed by atoms with E-state index in [1.807, 2.05) is 24.7 Å². The molecule has 3 aromatic rings. The van der Waals surface area contributed by atoms with E-state index in [2.05, 4.69) is 25.5 Å². The zero-order valence-electron chi connectivity index (χ0n) is 12.4. The zero-order chi connectivity index (χ0) is 16.4. The van der Waals surface area contributed by atoms with Crippen LogP contribution in [-0.2, 0) is 7.05 Å². The zero-order valence-corrected chi connectivity index (χ0v) is 13.9. The summed E-state index contributed by atoms with van der Waals surface area (Å²) in [6.07, 6.45) is 5.01. The smallest absolute Gasteiger partial charge is 0.258 e. The van der Waals surface area contributed by atoms with Crippen LogP contribution in [0.5, 0.6) is 0 Å². The Labute approximate surface area is 141 Å². The number of aromatic nitrogens is 5. The van der Waals surface area contributed by atoms with E-state index in [4.69, 9.17) is 11.6 Å². The van der Waals surface area contributed by atoms with Crippen molar-refractivity contribution >= 4 is 35.1 Å². The maximum absolute atomic E-state index is 12.2. The maximum atomic E-state index is 12.2. The molecule has 0 aromatic carbocycles. The van der Waals surface area contributed by atoms with Crippen molar-refractivity contribution in [1.82, 2.24) is 24.7 Å². The molecule has 0 bridgehead atoms. The molecule has 1 amide bonds. The molecule has 0 spiro atoms. The Morgan fingerprint density at radius 1 is 1.39 bits per heavy atom. The Hall–Kier alpha value is -2.32. The predicted octanol–water partition coefficient (Wildman–Crippen LogP) is 2.90. The first kappa shape index (κ1) is 15.6. The summed E-state index contributed by atoms with van der Waals surface area (Å²) in [5, 5.41) is 11.1. The minimum atomic E-state index is -0.320. The highest BCUT2D eigenvalue weighted by Gasteiger charge is 2.13. The molecule has 9 heteroatoms. The molecule has 0 atom stereocenters. The number of halogens is 1. The van der Waals surface area contributed by atoms with Crippen molar-refractivity contribution in [3.8, 4) is 0 Å². The van der Waals surface area contributed by atoms with E-state index >= 15 is 0 Å². The van der Waals surface area contributed by atoms with Crippen molar-refractivity contribution in [2.45, 2.75) is 17.1 Å². The van der Waals surface area contributed by atoms with Crippen molar-refractivity contribution in [2.24, 2.45) is 7.05 Å². The summed E-state index contributed by atoms with van der Waals surface area (Å²) in [5.41, 5.74) is 1.22. The van der Waals surface area contributed by atoms with Crippen molar-refractivity contribution in [2.75, 3.05) is 5.32 Å². The highest BCUT2D eigenvalue weighted by Crippen LogP contribution is 2.30. The molecule has 0 saturated carbocycles. The van der Waals surface area contributed by atoms with E-state index in [9.17, 15) is 4.79 Å². The lowest BCUT2D eigenvalue weighted by atomic mass is 10.2. The SMILES string of the molecule is Cc1cc(NC(=O)c2cnc(Sc3nccn3C)c(Cl)c2)n[nH]1. The molecule has 0 aliphatic heterocycles. The minimum absolute atomic E-state index is 0.320. The molecule has 0 unspecified atom stereocenters. The number of anilines is 1. The summed E-state index contributed by atoms with van der Waals surface area (Å²) >= 11 is 7.56. The first-order valence-corrected chi connectivity index (χ1v) is 7.86. The number of pyridine rings is 1. The quantitative estimate of drug-likeness (QED) is 0.756. The standard InChI is InChI=1S/C14H13ClN6OS/c1-8-5-11(20-19-8)18-12(22)9-6-10(15)13(17-7-9)23-14-16-3-4-21(14)2/h3-7H,1-2H3,(H2,18,19,20,22). The number of imidazole rings is 1. The van der Waals surface area contributed by atoms with E-state index in [1.165, 1.54) is 18.0 Å². The highest BCUT2D eigenvalue weighted by atomic mass is 35.5. The van der Waals surface area contributed by atoms with Gasteiger partial charge in [0.25, 0.3) is 5.91 Å². The first-order chi connectivity index (χ1) is 11.0. The van der Waals surface area contributed by atoms with Crippen LogP contribution in [0, 0.1) is 6.92 Å². The summed E-state index contributed by atoms with van der Waals surface area (Å²) in [6, 6.07) is 3.31. The third kappa shape index (κ3) is 3.54. The molecule has 0 aliphatic carbocycles. The summed E-state index contributed by atoms with van der Waals surface area (Å²) in [5.74, 6) is 0.134. The van der Waals surface area contributed by atoms with Gasteiger partial charge < -0.3 is 9.88 Å². The molecule has 3 aromatic heterocycles. The summed E-state index contributed by atoms with van der Waals surface area (Å²) in [7, 11) is 1.89. The van der Waals surface area contributed by atoms with Gasteiger partial charge in [0.2, 0.25) is 0 Å². The fraction of sp³-hybridized carbons (Fsp3) is 0.143. The first-order valence-electron chi connectivity index (χ1n) is 6.67. The van der Waals surface area contributed by atoms with Crippen LogP contribution >= 0.6 is 23.4 Å². The van der Waals surface area contributed by atoms with Crippen LogP contribution in [0.3, 0.4) is 0 Å². The maximum Gasteiger partial charge on any atom is 0.258 e. The average molecular weight is 349 g/mol. The number of rotatable bonds is 4. The van der Waals surface area contributed by atoms with Crippen molar-refractivity contribution in [3.63, 3.8) is 0 Å². The van der Waals surface area contributed by atoms with Gasteiger partial charge >= 0.3 is 0 Å². The molecular weight excluding hydrogens is 336 g/mol. The Morgan fingerprint density at radius 3 is 2.83 bits per heavy atom. The van der Waals surface area contributed by atoms with Crippen LogP contribution in [0.25, 0.3) is 0 Å². The topological polar surface area (TPSA) is 88.5 Å². The number of H-pyrrole nitrogens is 1. The van der Waals surface area contributed by atoms with Crippen LogP contribution in [0.2, 0.25) is 5.02 Å². The molecule has 2 N–H and O–H groups in total. The van der Waals surface area contributed by atoms with Gasteiger partial charge in [0.1, 0.15) is 5.03 Å². The van der Waals surface area contributed by atoms with Gasteiger partial charge in [0.05, 0.1) is 10.6 Å². The van der Waals surface area contributed by atoms with Crippen molar-refractivity contribution < 1.29 is 4.79 Å². The van der Waals surface area contributed by atoms with Gasteiger partial charge in [-0.2, -0.15) is 5.10 Å². The second kappa shape index (κ2) is 6.43. The molecule has 3 rings (SSSR count). The van der Waals surface area contributed by atoms with Crippen LogP contribution in [0.15, 0.2) is 40.9 Å². The number of carbonyl (C=O) groups excluding carboxylic acids is 1. The molecular formula is C14H13ClN6OS. The van der Waals surface area contributed by atoms with Gasteiger partial charge in [-0.3, -0.25) is 9.89 Å². The number of carbonyl (C=O) groups is 1. The molecule has 0 saturated heterocycles. The molecule has 0 aliphatic rings. The largest absolute Gasteiger partial charge is 0.329 e. The third-order valence-electron chi connectivity index (χ3n) is 2.98. The van der Waals surface area contributed by atoms with Crippen molar-refractivity contribution in [3.05, 3.63) is 47.0 Å². The molecule has 0 fully saturated rings. The number of aryl methyl sites for hydroxylation is 2. The molecule has 118 valence electrons. The van der Waals surface area contributed by atoms with Gasteiger partial charge in [-0.1, -0.05) is 11.6 Å². The lowest BCUT2D eigenvalue weighted by Gasteiger charge is -2.06. The van der Waals surface area contributed by atoms with E-state index in [-0.39, 0.29) is 5.91 Å². The van der Waals surface area contributed by atoms with Gasteiger partial charge in [-0.15, -0.1) is 0 Å². The van der Waals surface area contributed by atoms with Gasteiger partial charge in [-0.05, 0) is 24.8 Å². The average Bonchev–Trinajstić information content (AvgIpc) is 3.10. The van der Waals surface area contributed by atoms with Crippen LogP contribution in [-0.4, -0.2) is 30.6 Å². The Morgan fingerprint density at radius 2 is 2.22 bits per heavy atom. The monoisotopic (exact) mass is 348 g/mol. The minimum Gasteiger partial charge on any atom is -0.329 e. The third-order valence-corrected chi connectivity index (χ3v) is 4.48. The van der Waals surface area contributed by atoms with Crippen LogP contribution < -0.4 is 5.32 Å². The lowest BCUT2D eigenvalue weighted by molar-refractivity contribution is 0.102. The van der Waals surface area contributed by atoms with Crippen LogP contribution in [0.4, 0.5) is 5.82 Å². The number of hydrogen-bond donors (Lipinski definition) is 2. The normalized spacial score (nSPS) is 10.7. The molecule has 3 heterocycles. The number of amides is 1. The van der Waals surface area contributed by atoms with Gasteiger partial charge in [0.15, 0.2) is 11.0 Å². The van der Waals surface area contributed by atoms with Crippen molar-refractivity contribution in [1.29, 1.82) is 0 Å². The summed E-state index contributed by atoms with van der Waals surface area (Å²) < 4.78 is 1.86. The van der Waals surface area contributed by atoms with Crippen LogP contribution in [0.1, 0.15) is 16.1 Å². The number of nitrogens with one attached hydrogen (secondary N) is 2. The fourth-order valence-corrected chi connectivity index (χ4v) is 2.87. The van der Waals surface area contributed by atoms with E-state index in [0.717, 1.165) is 10.9 Å². The number of nitrogens with zero attached hydrogens (tertiary/aromatic N) is 4. The summed E-state index contributed by atoms with van der Waals surface area (Å²) in [6.45, 7) is 1.85. The second-order valence-electron chi connectivity index (χ2n) is 4.82. The Balaban J connectivity index is 1.76. The second-order valence-corrected chi connectivity index (χ2v) is 6.19. The van der Waals surface area contributed by atoms with Gasteiger partial charge in [-0.25, -0.2) is 9.97 Å². The van der Waals surface area contributed by atoms with E-state index in [0.29, 0.717) is 21.4 Å². The molecule has 23 heavy (non-hydrogen) atoms. The highest BCUT2D eigenvalue weighted by molar-refractivity contribution is 7.99. The van der Waals surface area contributed by atoms with Gasteiger partial charge in [0, 0.05) is 37.4 Å².